The third kappa shape index (κ3) is 24.2. The molecule has 0 radical (unpaired) electrons. The van der Waals surface area contributed by atoms with Gasteiger partial charge in [-0.25, -0.2) is 4.39 Å². The number of alkyl halides is 5. The number of likely N-dealkylation sites (N-methyl/N-ethyl adjacent to an activating group) is 6. The van der Waals surface area contributed by atoms with E-state index in [1.165, 1.54) is 70.8 Å². The lowest BCUT2D eigenvalue weighted by Gasteiger charge is -2.38. The number of carbonyl (C=O) groups excluding carboxylic acids is 12. The van der Waals surface area contributed by atoms with Gasteiger partial charge in [0, 0.05) is 60.8 Å². The molecule has 0 aromatic rings. The molecule has 29 heteroatoms. The van der Waals surface area contributed by atoms with Gasteiger partial charge in [0.15, 0.2) is 0 Å². The van der Waals surface area contributed by atoms with Crippen molar-refractivity contribution in [2.75, 3.05) is 75.0 Å². The zero-order valence-electron chi connectivity index (χ0n) is 60.2. The largest absolute Gasteiger partial charge is 0.394 e. The van der Waals surface area contributed by atoms with E-state index < -0.39 is 188 Å². The standard InChI is InChI=1S/C68H113ClF4N12O12/c1-17-42(8)58-65(96)81(13)37-56(88)79(11)38-57(89)83(15)53(34-44-20-24-45(69)25-21-44)64(95)80(12)36-54(86)74-48(27-23-43-22-26-46(47(70)33-43)68(71,72)73)59(90)75-50(31-40(4)5)62(93)84(16)67(9,10)66(97)77-49(30-39(2)3)60(91)76-51(63(94)85-28-18-19-29-85)35-55(87)82(14)52(32-41(6)7)61(92)78-58/h39-53,58H,17-38H2,1-16H3,(H,74,86)(H,75,90)(H,76,91)(H,77,97)(H,78,92)/t42-,43?,44?,45?,46?,47?,48-,49-,50-,51-,52-,53-,58-/m0/s1. The van der Waals surface area contributed by atoms with E-state index in [4.69, 9.17) is 11.6 Å². The van der Waals surface area contributed by atoms with Gasteiger partial charge in [-0.2, -0.15) is 13.2 Å². The van der Waals surface area contributed by atoms with Crippen molar-refractivity contribution in [2.45, 2.75) is 244 Å². The fourth-order valence-corrected chi connectivity index (χ4v) is 13.5. The Morgan fingerprint density at radius 3 is 1.67 bits per heavy atom. The average Bonchev–Trinajstić information content (AvgIpc) is 0.965. The number of nitrogens with one attached hydrogen (secondary N) is 5. The monoisotopic (exact) mass is 1400 g/mol. The lowest BCUT2D eigenvalue weighted by molar-refractivity contribution is -0.201. The van der Waals surface area contributed by atoms with Crippen molar-refractivity contribution in [2.24, 2.45) is 41.4 Å². The van der Waals surface area contributed by atoms with Crippen LogP contribution in [0.5, 0.6) is 0 Å². The number of amides is 12. The van der Waals surface area contributed by atoms with Crippen molar-refractivity contribution in [1.82, 2.24) is 60.9 Å². The smallest absolute Gasteiger partial charge is 0.343 e. The summed E-state index contributed by atoms with van der Waals surface area (Å²) in [4.78, 5) is 183. The lowest BCUT2D eigenvalue weighted by Crippen LogP contribution is -2.63. The van der Waals surface area contributed by atoms with Gasteiger partial charge in [-0.05, 0) is 146 Å². The second kappa shape index (κ2) is 37.2. The summed E-state index contributed by atoms with van der Waals surface area (Å²) >= 11 is 6.48. The van der Waals surface area contributed by atoms with Crippen molar-refractivity contribution in [3.63, 3.8) is 0 Å². The second-order valence-corrected chi connectivity index (χ2v) is 30.3. The number of halogens is 5. The summed E-state index contributed by atoms with van der Waals surface area (Å²) in [7, 11) is 8.14. The van der Waals surface area contributed by atoms with E-state index in [-0.39, 0.29) is 74.0 Å². The van der Waals surface area contributed by atoms with Crippen LogP contribution in [0, 0.1) is 41.4 Å². The van der Waals surface area contributed by atoms with Crippen LogP contribution in [-0.4, -0.2) is 246 Å². The molecule has 5 N–H and O–H groups in total. The molecule has 0 bridgehead atoms. The van der Waals surface area contributed by atoms with E-state index >= 15 is 4.39 Å². The van der Waals surface area contributed by atoms with Crippen LogP contribution in [0.15, 0.2) is 0 Å². The molecule has 3 unspecified atom stereocenters. The molecular formula is C68H113ClF4N12O12. The Hall–Kier alpha value is -6.35. The summed E-state index contributed by atoms with van der Waals surface area (Å²) in [5.41, 5.74) is -1.79. The van der Waals surface area contributed by atoms with Crippen LogP contribution in [-0.2, 0) is 57.5 Å². The van der Waals surface area contributed by atoms with Crippen molar-refractivity contribution in [1.29, 1.82) is 0 Å². The first kappa shape index (κ1) is 83.1. The summed E-state index contributed by atoms with van der Waals surface area (Å²) < 4.78 is 56.6. The molecule has 0 aromatic carbocycles. The Kier molecular flexibility index (Phi) is 31.8. The number of nitrogens with zero attached hydrogens (tertiary/aromatic N) is 7. The van der Waals surface area contributed by atoms with Gasteiger partial charge in [-0.3, -0.25) is 57.5 Å². The van der Waals surface area contributed by atoms with Gasteiger partial charge in [-0.1, -0.05) is 61.8 Å². The van der Waals surface area contributed by atoms with Crippen LogP contribution >= 0.6 is 11.6 Å². The molecule has 2 saturated carbocycles. The van der Waals surface area contributed by atoms with Crippen molar-refractivity contribution in [3.8, 4) is 0 Å². The topological polar surface area (TPSA) is 288 Å². The quantitative estimate of drug-likeness (QED) is 0.111. The van der Waals surface area contributed by atoms with Crippen molar-refractivity contribution in [3.05, 3.63) is 0 Å². The van der Waals surface area contributed by atoms with Gasteiger partial charge in [0.05, 0.1) is 32.0 Å². The Labute approximate surface area is 576 Å². The predicted molar refractivity (Wildman–Crippen MR) is 358 cm³/mol. The third-order valence-electron chi connectivity index (χ3n) is 20.0. The molecule has 4 aliphatic rings. The van der Waals surface area contributed by atoms with Gasteiger partial charge in [0.1, 0.15) is 54.0 Å². The molecular weight excluding hydrogens is 1290 g/mol. The fourth-order valence-electron chi connectivity index (χ4n) is 13.2. The maximum absolute atomic E-state index is 15.2. The molecule has 12 amide bonds. The summed E-state index contributed by atoms with van der Waals surface area (Å²) in [6, 6.07) is -9.37. The minimum Gasteiger partial charge on any atom is -0.343 e. The van der Waals surface area contributed by atoms with E-state index in [1.807, 2.05) is 20.8 Å². The summed E-state index contributed by atoms with van der Waals surface area (Å²) in [5.74, 6) is -13.0. The number of hydrogen-bond donors (Lipinski definition) is 5. The van der Waals surface area contributed by atoms with Crippen molar-refractivity contribution >= 4 is 82.5 Å². The van der Waals surface area contributed by atoms with Crippen molar-refractivity contribution < 1.29 is 75.1 Å². The van der Waals surface area contributed by atoms with Gasteiger partial charge in [-0.15, -0.1) is 11.6 Å². The highest BCUT2D eigenvalue weighted by Crippen LogP contribution is 2.43. The molecule has 11 atom stereocenters. The first-order valence-electron chi connectivity index (χ1n) is 34.8. The molecule has 2 aliphatic heterocycles. The molecule has 0 aromatic heterocycles. The average molecular weight is 1400 g/mol. The van der Waals surface area contributed by atoms with E-state index in [9.17, 15) is 70.7 Å². The molecule has 0 spiro atoms. The van der Waals surface area contributed by atoms with E-state index in [2.05, 4.69) is 26.6 Å². The highest BCUT2D eigenvalue weighted by Gasteiger charge is 2.49. The molecule has 2 aliphatic carbocycles. The summed E-state index contributed by atoms with van der Waals surface area (Å²) in [6.45, 7) is 16.1. The zero-order valence-corrected chi connectivity index (χ0v) is 61.0. The molecule has 24 nitrogen and oxygen atoms in total. The normalized spacial score (nSPS) is 29.4. The fraction of sp³-hybridized carbons (Fsp3) is 0.824. The number of hydrogen-bond acceptors (Lipinski definition) is 12. The second-order valence-electron chi connectivity index (χ2n) is 29.7. The van der Waals surface area contributed by atoms with E-state index in [0.29, 0.717) is 58.0 Å². The van der Waals surface area contributed by atoms with Crippen LogP contribution in [0.1, 0.15) is 178 Å². The first-order chi connectivity index (χ1) is 45.1. The molecule has 552 valence electrons. The Balaban J connectivity index is 1.85. The molecule has 97 heavy (non-hydrogen) atoms. The molecule has 4 rings (SSSR count). The van der Waals surface area contributed by atoms with Gasteiger partial charge >= 0.3 is 6.18 Å². The summed E-state index contributed by atoms with van der Waals surface area (Å²) in [6.07, 6.45) is -4.41. The predicted octanol–water partition coefficient (Wildman–Crippen LogP) is 5.17. The Bertz CT molecular complexity index is 2750. The minimum atomic E-state index is -4.77. The maximum Gasteiger partial charge on any atom is 0.394 e. The molecule has 4 fully saturated rings. The first-order valence-corrected chi connectivity index (χ1v) is 35.2. The highest BCUT2D eigenvalue weighted by molar-refractivity contribution is 6.20. The van der Waals surface area contributed by atoms with Crippen LogP contribution in [0.4, 0.5) is 17.6 Å². The number of carbonyl (C=O) groups is 12. The summed E-state index contributed by atoms with van der Waals surface area (Å²) in [5, 5.41) is 13.7. The Morgan fingerprint density at radius 1 is 0.577 bits per heavy atom. The van der Waals surface area contributed by atoms with Crippen LogP contribution in [0.25, 0.3) is 0 Å². The number of rotatable bonds is 14. The highest BCUT2D eigenvalue weighted by atomic mass is 35.5. The Morgan fingerprint density at radius 2 is 1.11 bits per heavy atom. The van der Waals surface area contributed by atoms with Crippen LogP contribution < -0.4 is 26.6 Å². The lowest BCUT2D eigenvalue weighted by atomic mass is 9.78. The van der Waals surface area contributed by atoms with Gasteiger partial charge in [0.2, 0.25) is 70.9 Å². The minimum absolute atomic E-state index is 0.0164. The van der Waals surface area contributed by atoms with Crippen LogP contribution in [0.2, 0.25) is 0 Å². The van der Waals surface area contributed by atoms with E-state index in [0.717, 1.165) is 19.6 Å². The SMILES string of the molecule is CC[C@H](C)[C@@H]1NC(=O)[C@H](CC(C)C)N(C)C(=O)C[C@@H](C(=O)N2CCCC2)NC(=O)[C@H](CC(C)C)NC(=O)C(C)(C)N(C)C(=O)[C@H](CC(C)C)NC(=O)[C@H](CCC2CCC(C(F)(F)F)C(F)C2)NC(=O)CN(C)C(=O)[C@H](CC2CCC(Cl)CC2)N(C)C(=O)CN(C)C(=O)CN(C)C1=O. The molecule has 2 heterocycles. The van der Waals surface area contributed by atoms with Gasteiger partial charge in [0.25, 0.3) is 0 Å². The van der Waals surface area contributed by atoms with E-state index in [1.54, 1.807) is 34.6 Å². The maximum atomic E-state index is 15.2. The third-order valence-corrected chi connectivity index (χ3v) is 20.5. The molecule has 2 saturated heterocycles. The van der Waals surface area contributed by atoms with Crippen LogP contribution in [0.3, 0.4) is 0 Å². The van der Waals surface area contributed by atoms with Gasteiger partial charge < -0.3 is 60.9 Å². The number of likely N-dealkylation sites (tertiary alicyclic amines) is 1. The zero-order chi connectivity index (χ0) is 73.3.